The molecule has 2 bridgehead atoms. The van der Waals surface area contributed by atoms with Gasteiger partial charge in [0.15, 0.2) is 6.29 Å². The Hall–Kier alpha value is -0.980. The Morgan fingerprint density at radius 3 is 2.72 bits per heavy atom. The van der Waals surface area contributed by atoms with Crippen LogP contribution in [0.25, 0.3) is 0 Å². The standard InChI is InChI=1S/C13H16O5/c14-10-9-7-17-13(18-9)11(15)12(10)16-6-8-4-2-1-3-5-8/h1-5,9-15H,6-7H2/t9?,10?,11-,12+,13?/m1/s1. The predicted molar refractivity (Wildman–Crippen MR) is 61.6 cm³/mol. The van der Waals surface area contributed by atoms with E-state index in [0.717, 1.165) is 5.56 Å². The molecule has 0 spiro atoms. The molecule has 2 saturated heterocycles. The van der Waals surface area contributed by atoms with Crippen LogP contribution in [0.4, 0.5) is 0 Å². The van der Waals surface area contributed by atoms with Crippen LogP contribution in [0.5, 0.6) is 0 Å². The third kappa shape index (κ3) is 2.15. The Morgan fingerprint density at radius 1 is 1.17 bits per heavy atom. The summed E-state index contributed by atoms with van der Waals surface area (Å²) in [6.07, 6.45) is -3.57. The van der Waals surface area contributed by atoms with Crippen molar-refractivity contribution < 1.29 is 24.4 Å². The Labute approximate surface area is 105 Å². The topological polar surface area (TPSA) is 68.2 Å². The summed E-state index contributed by atoms with van der Waals surface area (Å²) in [4.78, 5) is 0. The molecule has 3 unspecified atom stereocenters. The fraction of sp³-hybridized carbons (Fsp3) is 0.538. The quantitative estimate of drug-likeness (QED) is 0.795. The average molecular weight is 252 g/mol. The van der Waals surface area contributed by atoms with E-state index in [1.807, 2.05) is 30.3 Å². The first kappa shape index (κ1) is 12.1. The summed E-state index contributed by atoms with van der Waals surface area (Å²) in [6.45, 7) is 0.646. The Balaban J connectivity index is 1.65. The van der Waals surface area contributed by atoms with Gasteiger partial charge in [0.2, 0.25) is 0 Å². The molecule has 0 amide bonds. The van der Waals surface area contributed by atoms with Crippen molar-refractivity contribution in [3.63, 3.8) is 0 Å². The Bertz CT molecular complexity index is 380. The molecule has 1 aromatic rings. The van der Waals surface area contributed by atoms with Crippen LogP contribution in [0.2, 0.25) is 0 Å². The summed E-state index contributed by atoms with van der Waals surface area (Å²) >= 11 is 0. The van der Waals surface area contributed by atoms with Gasteiger partial charge >= 0.3 is 0 Å². The first-order valence-electron chi connectivity index (χ1n) is 6.04. The van der Waals surface area contributed by atoms with E-state index in [4.69, 9.17) is 14.2 Å². The minimum absolute atomic E-state index is 0.300. The summed E-state index contributed by atoms with van der Waals surface area (Å²) in [5.74, 6) is 0. The molecular weight excluding hydrogens is 236 g/mol. The number of hydrogen-bond donors (Lipinski definition) is 2. The first-order valence-corrected chi connectivity index (χ1v) is 6.04. The van der Waals surface area contributed by atoms with Crippen molar-refractivity contribution in [2.75, 3.05) is 6.61 Å². The summed E-state index contributed by atoms with van der Waals surface area (Å²) < 4.78 is 16.1. The maximum Gasteiger partial charge on any atom is 0.186 e. The van der Waals surface area contributed by atoms with Crippen LogP contribution in [-0.2, 0) is 20.8 Å². The number of aliphatic hydroxyl groups excluding tert-OH is 2. The van der Waals surface area contributed by atoms with E-state index in [0.29, 0.717) is 13.2 Å². The molecule has 18 heavy (non-hydrogen) atoms. The van der Waals surface area contributed by atoms with Gasteiger partial charge in [-0.3, -0.25) is 0 Å². The van der Waals surface area contributed by atoms with E-state index in [-0.39, 0.29) is 0 Å². The first-order chi connectivity index (χ1) is 8.75. The number of fused-ring (bicyclic) bond motifs is 2. The van der Waals surface area contributed by atoms with Gasteiger partial charge in [0, 0.05) is 0 Å². The number of rotatable bonds is 3. The summed E-state index contributed by atoms with van der Waals surface area (Å²) in [5.41, 5.74) is 0.997. The van der Waals surface area contributed by atoms with Gasteiger partial charge in [0.25, 0.3) is 0 Å². The second-order valence-corrected chi connectivity index (χ2v) is 4.62. The lowest BCUT2D eigenvalue weighted by Crippen LogP contribution is -2.54. The highest BCUT2D eigenvalue weighted by Crippen LogP contribution is 2.30. The second-order valence-electron chi connectivity index (χ2n) is 4.62. The van der Waals surface area contributed by atoms with E-state index < -0.39 is 30.7 Å². The highest BCUT2D eigenvalue weighted by molar-refractivity contribution is 5.13. The molecule has 2 aliphatic heterocycles. The van der Waals surface area contributed by atoms with E-state index in [1.165, 1.54) is 0 Å². The molecule has 2 N–H and O–H groups in total. The fourth-order valence-corrected chi connectivity index (χ4v) is 2.33. The van der Waals surface area contributed by atoms with Crippen LogP contribution >= 0.6 is 0 Å². The van der Waals surface area contributed by atoms with Crippen molar-refractivity contribution in [1.82, 2.24) is 0 Å². The van der Waals surface area contributed by atoms with E-state index in [1.54, 1.807) is 0 Å². The van der Waals surface area contributed by atoms with Crippen molar-refractivity contribution in [2.45, 2.75) is 37.3 Å². The molecule has 0 aromatic heterocycles. The van der Waals surface area contributed by atoms with Gasteiger partial charge in [-0.2, -0.15) is 0 Å². The molecule has 5 nitrogen and oxygen atoms in total. The molecule has 0 saturated carbocycles. The Morgan fingerprint density at radius 2 is 1.94 bits per heavy atom. The lowest BCUT2D eigenvalue weighted by Gasteiger charge is -2.35. The zero-order chi connectivity index (χ0) is 12.5. The van der Waals surface area contributed by atoms with Crippen LogP contribution < -0.4 is 0 Å². The molecular formula is C13H16O5. The van der Waals surface area contributed by atoms with Gasteiger partial charge in [-0.25, -0.2) is 0 Å². The zero-order valence-electron chi connectivity index (χ0n) is 9.81. The second kappa shape index (κ2) is 4.95. The van der Waals surface area contributed by atoms with Crippen molar-refractivity contribution in [3.8, 4) is 0 Å². The zero-order valence-corrected chi connectivity index (χ0v) is 9.81. The van der Waals surface area contributed by atoms with Crippen molar-refractivity contribution in [3.05, 3.63) is 35.9 Å². The Kier molecular flexibility index (Phi) is 3.32. The lowest BCUT2D eigenvalue weighted by molar-refractivity contribution is -0.242. The van der Waals surface area contributed by atoms with Gasteiger partial charge in [-0.15, -0.1) is 0 Å². The molecule has 0 radical (unpaired) electrons. The van der Waals surface area contributed by atoms with Gasteiger partial charge in [-0.1, -0.05) is 30.3 Å². The van der Waals surface area contributed by atoms with Gasteiger partial charge in [0.1, 0.15) is 24.4 Å². The van der Waals surface area contributed by atoms with Crippen LogP contribution in [-0.4, -0.2) is 47.5 Å². The number of hydrogen-bond acceptors (Lipinski definition) is 5. The van der Waals surface area contributed by atoms with Gasteiger partial charge in [0.05, 0.1) is 13.2 Å². The molecule has 2 aliphatic rings. The third-order valence-electron chi connectivity index (χ3n) is 3.35. The van der Waals surface area contributed by atoms with E-state index in [9.17, 15) is 10.2 Å². The largest absolute Gasteiger partial charge is 0.387 e. The summed E-state index contributed by atoms with van der Waals surface area (Å²) in [6, 6.07) is 9.63. The van der Waals surface area contributed by atoms with Crippen LogP contribution in [0.3, 0.4) is 0 Å². The molecule has 3 rings (SSSR count). The van der Waals surface area contributed by atoms with E-state index >= 15 is 0 Å². The van der Waals surface area contributed by atoms with Crippen LogP contribution in [0.15, 0.2) is 30.3 Å². The lowest BCUT2D eigenvalue weighted by atomic mass is 10.0. The number of ether oxygens (including phenoxy) is 3. The maximum absolute atomic E-state index is 10.0. The van der Waals surface area contributed by atoms with Crippen molar-refractivity contribution >= 4 is 0 Å². The van der Waals surface area contributed by atoms with Crippen molar-refractivity contribution in [2.24, 2.45) is 0 Å². The highest BCUT2D eigenvalue weighted by atomic mass is 16.7. The summed E-state index contributed by atoms with van der Waals surface area (Å²) in [7, 11) is 0. The monoisotopic (exact) mass is 252 g/mol. The normalized spacial score (nSPS) is 38.9. The van der Waals surface area contributed by atoms with E-state index in [2.05, 4.69) is 0 Å². The number of benzene rings is 1. The fourth-order valence-electron chi connectivity index (χ4n) is 2.33. The molecule has 5 atom stereocenters. The van der Waals surface area contributed by atoms with Gasteiger partial charge < -0.3 is 24.4 Å². The molecule has 5 heteroatoms. The molecule has 2 fully saturated rings. The van der Waals surface area contributed by atoms with Crippen LogP contribution in [0.1, 0.15) is 5.56 Å². The van der Waals surface area contributed by atoms with Crippen molar-refractivity contribution in [1.29, 1.82) is 0 Å². The maximum atomic E-state index is 10.0. The third-order valence-corrected chi connectivity index (χ3v) is 3.35. The molecule has 98 valence electrons. The van der Waals surface area contributed by atoms with Gasteiger partial charge in [-0.05, 0) is 5.56 Å². The highest BCUT2D eigenvalue weighted by Gasteiger charge is 2.50. The molecule has 0 aliphatic carbocycles. The van der Waals surface area contributed by atoms with Crippen LogP contribution in [0, 0.1) is 0 Å². The molecule has 1 aromatic carbocycles. The SMILES string of the molecule is OC1C2COC(O2)[C@H](O)[C@H]1OCc1ccccc1. The minimum atomic E-state index is -0.956. The minimum Gasteiger partial charge on any atom is -0.387 e. The smallest absolute Gasteiger partial charge is 0.186 e. The summed E-state index contributed by atoms with van der Waals surface area (Å²) in [5, 5.41) is 20.0. The average Bonchev–Trinajstić information content (AvgIpc) is 2.85. The number of aliphatic hydroxyl groups is 2. The predicted octanol–water partition coefficient (Wildman–Crippen LogP) is 0.0487. The molecule has 2 heterocycles.